The Balaban J connectivity index is 1.67. The Hall–Kier alpha value is -3.03. The molecule has 3 aromatic carbocycles. The fraction of sp³-hybridized carbons (Fsp3) is 0.0952. The van der Waals surface area contributed by atoms with Crippen LogP contribution in [-0.2, 0) is 10.0 Å². The molecule has 0 aromatic heterocycles. The Labute approximate surface area is 175 Å². The summed E-state index contributed by atoms with van der Waals surface area (Å²) in [6, 6.07) is 17.7. The monoisotopic (exact) mass is 429 g/mol. The molecule has 3 aromatic rings. The molecule has 0 saturated heterocycles. The number of sulfonamides is 1. The number of rotatable bonds is 5. The van der Waals surface area contributed by atoms with E-state index in [-0.39, 0.29) is 4.90 Å². The molecule has 8 heteroatoms. The molecule has 0 aliphatic rings. The van der Waals surface area contributed by atoms with Gasteiger partial charge in [0.25, 0.3) is 10.0 Å². The van der Waals surface area contributed by atoms with E-state index in [0.717, 1.165) is 11.1 Å². The lowest BCUT2D eigenvalue weighted by Gasteiger charge is -2.11. The van der Waals surface area contributed by atoms with E-state index in [0.29, 0.717) is 22.1 Å². The first-order chi connectivity index (χ1) is 13.7. The second-order valence-electron chi connectivity index (χ2n) is 6.60. The molecule has 0 atom stereocenters. The van der Waals surface area contributed by atoms with Gasteiger partial charge in [-0.05, 0) is 79.6 Å². The molecule has 0 unspecified atom stereocenters. The van der Waals surface area contributed by atoms with Crippen molar-refractivity contribution in [3.63, 3.8) is 0 Å². The number of urea groups is 1. The van der Waals surface area contributed by atoms with E-state index in [2.05, 4.69) is 15.4 Å². The van der Waals surface area contributed by atoms with Crippen molar-refractivity contribution in [3.8, 4) is 0 Å². The van der Waals surface area contributed by atoms with Crippen LogP contribution in [0.4, 0.5) is 21.9 Å². The molecule has 0 fully saturated rings. The lowest BCUT2D eigenvalue weighted by molar-refractivity contribution is 0.262. The number of nitrogens with one attached hydrogen (secondary N) is 3. The fourth-order valence-electron chi connectivity index (χ4n) is 2.82. The summed E-state index contributed by atoms with van der Waals surface area (Å²) >= 11 is 5.89. The van der Waals surface area contributed by atoms with Gasteiger partial charge in [0, 0.05) is 22.1 Å². The number of carbonyl (C=O) groups is 1. The number of aryl methyl sites for hydroxylation is 2. The fourth-order valence-corrected chi connectivity index (χ4v) is 4.06. The zero-order chi connectivity index (χ0) is 21.0. The lowest BCUT2D eigenvalue weighted by atomic mass is 10.1. The third kappa shape index (κ3) is 5.73. The van der Waals surface area contributed by atoms with Gasteiger partial charge in [-0.1, -0.05) is 23.7 Å². The largest absolute Gasteiger partial charge is 0.323 e. The van der Waals surface area contributed by atoms with Crippen molar-refractivity contribution in [1.82, 2.24) is 0 Å². The number of halogens is 1. The van der Waals surface area contributed by atoms with Gasteiger partial charge in [0.05, 0.1) is 4.90 Å². The summed E-state index contributed by atoms with van der Waals surface area (Å²) < 4.78 is 27.8. The van der Waals surface area contributed by atoms with E-state index in [4.69, 9.17) is 11.6 Å². The lowest BCUT2D eigenvalue weighted by Crippen LogP contribution is -2.19. The van der Waals surface area contributed by atoms with Crippen LogP contribution in [0.3, 0.4) is 0 Å². The smallest absolute Gasteiger partial charge is 0.308 e. The van der Waals surface area contributed by atoms with E-state index in [1.165, 1.54) is 24.3 Å². The first-order valence-electron chi connectivity index (χ1n) is 8.76. The molecular weight excluding hydrogens is 410 g/mol. The third-order valence-corrected chi connectivity index (χ3v) is 5.61. The van der Waals surface area contributed by atoms with Crippen molar-refractivity contribution in [1.29, 1.82) is 0 Å². The molecule has 3 N–H and O–H groups in total. The highest BCUT2D eigenvalue weighted by atomic mass is 35.5. The molecule has 0 heterocycles. The number of hydrogen-bond donors (Lipinski definition) is 3. The molecule has 0 saturated carbocycles. The molecule has 0 radical (unpaired) electrons. The van der Waals surface area contributed by atoms with Gasteiger partial charge in [0.1, 0.15) is 0 Å². The molecular formula is C21H20ClN3O3S. The Kier molecular flexibility index (Phi) is 6.10. The maximum atomic E-state index is 12.6. The zero-order valence-corrected chi connectivity index (χ0v) is 17.4. The first-order valence-corrected chi connectivity index (χ1v) is 10.6. The predicted molar refractivity (Wildman–Crippen MR) is 117 cm³/mol. The molecule has 0 spiro atoms. The Morgan fingerprint density at radius 1 is 0.793 bits per heavy atom. The van der Waals surface area contributed by atoms with E-state index < -0.39 is 16.1 Å². The van der Waals surface area contributed by atoms with Crippen LogP contribution in [0.2, 0.25) is 5.02 Å². The standard InChI is InChI=1S/C21H20ClN3O3S/c1-14-10-15(2)12-19(11-14)25-29(27,28)20-8-6-17(7-9-20)23-21(26)24-18-5-3-4-16(22)13-18/h3-13,25H,1-2H3,(H2,23,24,26). The number of anilines is 3. The van der Waals surface area contributed by atoms with Gasteiger partial charge >= 0.3 is 6.03 Å². The highest BCUT2D eigenvalue weighted by molar-refractivity contribution is 7.92. The van der Waals surface area contributed by atoms with E-state index in [1.807, 2.05) is 19.9 Å². The average Bonchev–Trinajstić information content (AvgIpc) is 2.60. The molecule has 150 valence electrons. The molecule has 0 aliphatic heterocycles. The first kappa shape index (κ1) is 20.7. The van der Waals surface area contributed by atoms with Crippen LogP contribution in [0.15, 0.2) is 71.6 Å². The SMILES string of the molecule is Cc1cc(C)cc(NS(=O)(=O)c2ccc(NC(=O)Nc3cccc(Cl)c3)cc2)c1. The summed E-state index contributed by atoms with van der Waals surface area (Å²) in [4.78, 5) is 12.2. The topological polar surface area (TPSA) is 87.3 Å². The average molecular weight is 430 g/mol. The highest BCUT2D eigenvalue weighted by Crippen LogP contribution is 2.21. The molecule has 0 aliphatic carbocycles. The Bertz CT molecular complexity index is 1130. The molecule has 2 amide bonds. The summed E-state index contributed by atoms with van der Waals surface area (Å²) in [6.07, 6.45) is 0. The van der Waals surface area contributed by atoms with E-state index in [9.17, 15) is 13.2 Å². The normalized spacial score (nSPS) is 11.0. The van der Waals surface area contributed by atoms with Crippen LogP contribution < -0.4 is 15.4 Å². The molecule has 6 nitrogen and oxygen atoms in total. The van der Waals surface area contributed by atoms with Crippen molar-refractivity contribution in [2.24, 2.45) is 0 Å². The maximum absolute atomic E-state index is 12.6. The van der Waals surface area contributed by atoms with Crippen molar-refractivity contribution < 1.29 is 13.2 Å². The van der Waals surface area contributed by atoms with Crippen LogP contribution in [-0.4, -0.2) is 14.4 Å². The summed E-state index contributed by atoms with van der Waals surface area (Å²) in [7, 11) is -3.74. The quantitative estimate of drug-likeness (QED) is 0.507. The van der Waals surface area contributed by atoms with Crippen LogP contribution >= 0.6 is 11.6 Å². The van der Waals surface area contributed by atoms with Crippen LogP contribution in [0, 0.1) is 13.8 Å². The third-order valence-electron chi connectivity index (χ3n) is 3.98. The summed E-state index contributed by atoms with van der Waals surface area (Å²) in [5.74, 6) is 0. The van der Waals surface area contributed by atoms with Crippen LogP contribution in [0.5, 0.6) is 0 Å². The van der Waals surface area contributed by atoms with Crippen molar-refractivity contribution in [2.75, 3.05) is 15.4 Å². The number of amides is 2. The Morgan fingerprint density at radius 3 is 2.03 bits per heavy atom. The van der Waals surface area contributed by atoms with Gasteiger partial charge in [0.2, 0.25) is 0 Å². The zero-order valence-electron chi connectivity index (χ0n) is 15.9. The molecule has 3 rings (SSSR count). The van der Waals surface area contributed by atoms with Crippen molar-refractivity contribution in [3.05, 3.63) is 82.9 Å². The van der Waals surface area contributed by atoms with Gasteiger partial charge < -0.3 is 10.6 Å². The van der Waals surface area contributed by atoms with Crippen LogP contribution in [0.1, 0.15) is 11.1 Å². The summed E-state index contributed by atoms with van der Waals surface area (Å²) in [5, 5.41) is 5.81. The second-order valence-corrected chi connectivity index (χ2v) is 8.71. The summed E-state index contributed by atoms with van der Waals surface area (Å²) in [5.41, 5.74) is 3.44. The number of carbonyl (C=O) groups excluding carboxylic acids is 1. The van der Waals surface area contributed by atoms with Crippen molar-refractivity contribution in [2.45, 2.75) is 18.7 Å². The minimum atomic E-state index is -3.74. The van der Waals surface area contributed by atoms with Gasteiger partial charge in [-0.15, -0.1) is 0 Å². The minimum absolute atomic E-state index is 0.0949. The molecule has 0 bridgehead atoms. The second kappa shape index (κ2) is 8.55. The molecule has 29 heavy (non-hydrogen) atoms. The summed E-state index contributed by atoms with van der Waals surface area (Å²) in [6.45, 7) is 3.80. The number of benzene rings is 3. The van der Waals surface area contributed by atoms with E-state index in [1.54, 1.807) is 36.4 Å². The van der Waals surface area contributed by atoms with Gasteiger partial charge in [-0.2, -0.15) is 0 Å². The Morgan fingerprint density at radius 2 is 1.41 bits per heavy atom. The van der Waals surface area contributed by atoms with E-state index >= 15 is 0 Å². The van der Waals surface area contributed by atoms with Crippen molar-refractivity contribution >= 4 is 44.7 Å². The van der Waals surface area contributed by atoms with Gasteiger partial charge in [0.15, 0.2) is 0 Å². The predicted octanol–water partition coefficient (Wildman–Crippen LogP) is 5.40. The minimum Gasteiger partial charge on any atom is -0.308 e. The maximum Gasteiger partial charge on any atom is 0.323 e. The number of hydrogen-bond acceptors (Lipinski definition) is 3. The highest BCUT2D eigenvalue weighted by Gasteiger charge is 2.15. The van der Waals surface area contributed by atoms with Gasteiger partial charge in [-0.25, -0.2) is 13.2 Å². The van der Waals surface area contributed by atoms with Gasteiger partial charge in [-0.3, -0.25) is 4.72 Å². The van der Waals surface area contributed by atoms with Crippen LogP contribution in [0.25, 0.3) is 0 Å².